The van der Waals surface area contributed by atoms with Gasteiger partial charge in [-0.05, 0) is 71.7 Å². The van der Waals surface area contributed by atoms with Gasteiger partial charge in [-0.15, -0.1) is 0 Å². The van der Waals surface area contributed by atoms with Crippen LogP contribution in [0.1, 0.15) is 47.5 Å². The van der Waals surface area contributed by atoms with Crippen molar-refractivity contribution in [2.45, 2.75) is 71.3 Å². The highest BCUT2D eigenvalue weighted by Crippen LogP contribution is 2.22. The predicted molar refractivity (Wildman–Crippen MR) is 126 cm³/mol. The summed E-state index contributed by atoms with van der Waals surface area (Å²) in [5.41, 5.74) is 1.44. The van der Waals surface area contributed by atoms with Crippen molar-refractivity contribution in [3.05, 3.63) is 24.3 Å². The Bertz CT molecular complexity index is 759. The Morgan fingerprint density at radius 1 is 1.06 bits per heavy atom. The van der Waals surface area contributed by atoms with E-state index in [1.165, 1.54) is 0 Å². The van der Waals surface area contributed by atoms with Gasteiger partial charge in [-0.25, -0.2) is 4.79 Å². The molecule has 2 heterocycles. The third-order valence-corrected chi connectivity index (χ3v) is 5.61. The quantitative estimate of drug-likeness (QED) is 0.723. The van der Waals surface area contributed by atoms with E-state index in [2.05, 4.69) is 34.3 Å². The highest BCUT2D eigenvalue weighted by atomic mass is 16.6. The van der Waals surface area contributed by atoms with Crippen LogP contribution in [-0.2, 0) is 14.3 Å². The van der Waals surface area contributed by atoms with Crippen LogP contribution >= 0.6 is 0 Å². The highest BCUT2D eigenvalue weighted by Gasteiger charge is 2.25. The summed E-state index contributed by atoms with van der Waals surface area (Å²) in [6, 6.07) is 8.09. The van der Waals surface area contributed by atoms with Crippen LogP contribution in [0.4, 0.5) is 16.2 Å². The number of hydrogen-bond donors (Lipinski definition) is 2. The summed E-state index contributed by atoms with van der Waals surface area (Å²) in [4.78, 5) is 28.9. The van der Waals surface area contributed by atoms with E-state index in [1.807, 2.05) is 45.0 Å². The van der Waals surface area contributed by atoms with Crippen molar-refractivity contribution >= 4 is 23.4 Å². The Morgan fingerprint density at radius 2 is 1.66 bits per heavy atom. The number of hydrogen-bond acceptors (Lipinski definition) is 6. The Kier molecular flexibility index (Phi) is 8.00. The van der Waals surface area contributed by atoms with E-state index < -0.39 is 5.60 Å². The molecule has 2 fully saturated rings. The molecule has 0 aromatic heterocycles. The summed E-state index contributed by atoms with van der Waals surface area (Å²) in [5.74, 6) is -0.0232. The van der Waals surface area contributed by atoms with Crippen molar-refractivity contribution in [1.29, 1.82) is 0 Å². The number of anilines is 2. The van der Waals surface area contributed by atoms with Crippen LogP contribution < -0.4 is 15.5 Å². The Hall–Kier alpha value is -2.32. The monoisotopic (exact) mass is 446 g/mol. The van der Waals surface area contributed by atoms with Crippen LogP contribution in [0.5, 0.6) is 0 Å². The molecule has 0 bridgehead atoms. The maximum atomic E-state index is 12.5. The third kappa shape index (κ3) is 7.67. The zero-order valence-corrected chi connectivity index (χ0v) is 20.0. The van der Waals surface area contributed by atoms with Gasteiger partial charge in [-0.3, -0.25) is 9.69 Å². The number of ether oxygens (including phenoxy) is 2. The summed E-state index contributed by atoms with van der Waals surface area (Å²) < 4.78 is 11.1. The summed E-state index contributed by atoms with van der Waals surface area (Å²) in [6.07, 6.45) is 1.65. The maximum Gasteiger partial charge on any atom is 0.407 e. The van der Waals surface area contributed by atoms with Crippen molar-refractivity contribution in [2.24, 2.45) is 0 Å². The van der Waals surface area contributed by atoms with Gasteiger partial charge in [0.2, 0.25) is 5.91 Å². The number of carbonyl (C=O) groups is 2. The number of rotatable bonds is 5. The largest absolute Gasteiger partial charge is 0.444 e. The zero-order valence-electron chi connectivity index (χ0n) is 20.0. The molecule has 0 spiro atoms. The van der Waals surface area contributed by atoms with Crippen LogP contribution in [0.15, 0.2) is 24.3 Å². The van der Waals surface area contributed by atoms with Gasteiger partial charge in [0.1, 0.15) is 5.60 Å². The fraction of sp³-hybridized carbons (Fsp3) is 0.667. The summed E-state index contributed by atoms with van der Waals surface area (Å²) >= 11 is 0. The number of benzene rings is 1. The van der Waals surface area contributed by atoms with Crippen molar-refractivity contribution in [3.63, 3.8) is 0 Å². The predicted octanol–water partition coefficient (Wildman–Crippen LogP) is 3.23. The molecule has 2 unspecified atom stereocenters. The van der Waals surface area contributed by atoms with Crippen LogP contribution in [0.25, 0.3) is 0 Å². The van der Waals surface area contributed by atoms with Crippen molar-refractivity contribution in [1.82, 2.24) is 10.2 Å². The van der Waals surface area contributed by atoms with Gasteiger partial charge >= 0.3 is 6.09 Å². The molecule has 0 radical (unpaired) electrons. The average molecular weight is 447 g/mol. The second-order valence-corrected chi connectivity index (χ2v) is 9.95. The molecule has 3 rings (SSSR count). The summed E-state index contributed by atoms with van der Waals surface area (Å²) in [6.45, 7) is 13.4. The SMILES string of the molecule is CC1CN(c2ccc(NC(=O)CN3CCC(NC(=O)OC(C)(C)C)CC3)cc2)CC(C)O1. The first kappa shape index (κ1) is 24.3. The molecule has 32 heavy (non-hydrogen) atoms. The van der Waals surface area contributed by atoms with Gasteiger partial charge in [0, 0.05) is 43.6 Å². The van der Waals surface area contributed by atoms with E-state index in [1.54, 1.807) is 0 Å². The molecular formula is C24H38N4O4. The minimum absolute atomic E-state index is 0.0232. The Morgan fingerprint density at radius 3 is 2.22 bits per heavy atom. The number of nitrogens with one attached hydrogen (secondary N) is 2. The van der Waals surface area contributed by atoms with E-state index in [4.69, 9.17) is 9.47 Å². The topological polar surface area (TPSA) is 83.1 Å². The van der Waals surface area contributed by atoms with E-state index >= 15 is 0 Å². The highest BCUT2D eigenvalue weighted by molar-refractivity contribution is 5.92. The van der Waals surface area contributed by atoms with Crippen LogP contribution in [-0.4, -0.2) is 73.5 Å². The Labute approximate surface area is 191 Å². The third-order valence-electron chi connectivity index (χ3n) is 5.61. The molecule has 178 valence electrons. The van der Waals surface area contributed by atoms with Crippen molar-refractivity contribution in [3.8, 4) is 0 Å². The Balaban J connectivity index is 1.40. The van der Waals surface area contributed by atoms with Gasteiger partial charge in [-0.2, -0.15) is 0 Å². The van der Waals surface area contributed by atoms with E-state index in [-0.39, 0.29) is 30.3 Å². The van der Waals surface area contributed by atoms with Gasteiger partial charge in [0.25, 0.3) is 0 Å². The number of amides is 2. The molecular weight excluding hydrogens is 408 g/mol. The fourth-order valence-electron chi connectivity index (χ4n) is 4.26. The van der Waals surface area contributed by atoms with Crippen molar-refractivity contribution in [2.75, 3.05) is 42.9 Å². The number of piperidine rings is 1. The smallest absolute Gasteiger partial charge is 0.407 e. The zero-order chi connectivity index (χ0) is 23.3. The number of alkyl carbamates (subject to hydrolysis) is 1. The molecule has 2 atom stereocenters. The summed E-state index contributed by atoms with van der Waals surface area (Å²) in [7, 11) is 0. The molecule has 2 aliphatic rings. The number of carbonyl (C=O) groups excluding carboxylic acids is 2. The maximum absolute atomic E-state index is 12.5. The van der Waals surface area contributed by atoms with Crippen LogP contribution in [0, 0.1) is 0 Å². The lowest BCUT2D eigenvalue weighted by Crippen LogP contribution is -2.47. The molecule has 2 aliphatic heterocycles. The number of nitrogens with zero attached hydrogens (tertiary/aromatic N) is 2. The number of morpholine rings is 1. The molecule has 2 saturated heterocycles. The molecule has 2 amide bonds. The van der Waals surface area contributed by atoms with Gasteiger partial charge in [0.15, 0.2) is 0 Å². The second-order valence-electron chi connectivity index (χ2n) is 9.95. The number of likely N-dealkylation sites (tertiary alicyclic amines) is 1. The lowest BCUT2D eigenvalue weighted by molar-refractivity contribution is -0.117. The van der Waals surface area contributed by atoms with E-state index in [9.17, 15) is 9.59 Å². The standard InChI is InChI=1S/C24H38N4O4/c1-17-14-28(15-18(2)31-17)21-8-6-19(7-9-21)25-22(29)16-27-12-10-20(11-13-27)26-23(30)32-24(3,4)5/h6-9,17-18,20H,10-16H2,1-5H3,(H,25,29)(H,26,30). The lowest BCUT2D eigenvalue weighted by Gasteiger charge is -2.36. The van der Waals surface area contributed by atoms with Gasteiger partial charge in [-0.1, -0.05) is 0 Å². The van der Waals surface area contributed by atoms with Gasteiger partial charge in [0.05, 0.1) is 18.8 Å². The van der Waals surface area contributed by atoms with E-state index in [0.717, 1.165) is 50.4 Å². The molecule has 2 N–H and O–H groups in total. The molecule has 1 aromatic rings. The van der Waals surface area contributed by atoms with Gasteiger partial charge < -0.3 is 25.0 Å². The minimum atomic E-state index is -0.500. The lowest BCUT2D eigenvalue weighted by atomic mass is 10.1. The van der Waals surface area contributed by atoms with Crippen LogP contribution in [0.2, 0.25) is 0 Å². The first-order valence-electron chi connectivity index (χ1n) is 11.6. The van der Waals surface area contributed by atoms with Crippen molar-refractivity contribution < 1.29 is 19.1 Å². The summed E-state index contributed by atoms with van der Waals surface area (Å²) in [5, 5.41) is 5.92. The molecule has 0 aliphatic carbocycles. The molecule has 8 nitrogen and oxygen atoms in total. The average Bonchev–Trinajstić information content (AvgIpc) is 2.68. The normalized spacial score (nSPS) is 23.0. The minimum Gasteiger partial charge on any atom is -0.444 e. The molecule has 8 heteroatoms. The molecule has 0 saturated carbocycles. The second kappa shape index (κ2) is 10.5. The van der Waals surface area contributed by atoms with Crippen LogP contribution in [0.3, 0.4) is 0 Å². The fourth-order valence-corrected chi connectivity index (χ4v) is 4.26. The molecule has 1 aromatic carbocycles. The van der Waals surface area contributed by atoms with E-state index in [0.29, 0.717) is 6.54 Å². The first-order chi connectivity index (χ1) is 15.1. The first-order valence-corrected chi connectivity index (χ1v) is 11.6.